The van der Waals surface area contributed by atoms with E-state index in [9.17, 15) is 19.7 Å². The summed E-state index contributed by atoms with van der Waals surface area (Å²) in [7, 11) is 1.56. The van der Waals surface area contributed by atoms with Crippen LogP contribution in [0, 0.1) is 66.8 Å². The molecule has 5 saturated carbocycles. The maximum Gasteiger partial charge on any atom is 0.312 e. The number of hydrogen-bond acceptors (Lipinski definition) is 5. The van der Waals surface area contributed by atoms with Crippen LogP contribution in [0.4, 0.5) is 5.69 Å². The molecule has 1 aromatic rings. The average Bonchev–Trinajstić information content (AvgIpc) is 3.37. The van der Waals surface area contributed by atoms with E-state index in [0.29, 0.717) is 29.7 Å². The van der Waals surface area contributed by atoms with Crippen molar-refractivity contribution in [2.45, 2.75) is 99.3 Å². The van der Waals surface area contributed by atoms with E-state index in [0.717, 1.165) is 56.9 Å². The number of ether oxygens (including phenoxy) is 1. The highest BCUT2D eigenvalue weighted by Crippen LogP contribution is 2.77. The first-order valence-electron chi connectivity index (χ1n) is 16.8. The van der Waals surface area contributed by atoms with Crippen LogP contribution in [-0.2, 0) is 14.3 Å². The summed E-state index contributed by atoms with van der Waals surface area (Å²) in [4.78, 5) is 38.7. The summed E-state index contributed by atoms with van der Waals surface area (Å²) in [6, 6.07) is 6.64. The molecule has 6 rings (SSSR count). The van der Waals surface area contributed by atoms with Gasteiger partial charge in [0, 0.05) is 17.5 Å². The normalized spacial score (nSPS) is 43.3. The van der Waals surface area contributed by atoms with Gasteiger partial charge in [-0.3, -0.25) is 19.7 Å². The molecule has 238 valence electrons. The Morgan fingerprint density at radius 3 is 2.39 bits per heavy atom. The van der Waals surface area contributed by atoms with Crippen LogP contribution in [0.2, 0.25) is 0 Å². The highest BCUT2D eigenvalue weighted by molar-refractivity contribution is 6.04. The van der Waals surface area contributed by atoms with Gasteiger partial charge in [0.25, 0.3) is 5.69 Å². The van der Waals surface area contributed by atoms with Crippen molar-refractivity contribution in [1.29, 1.82) is 0 Å². The topological polar surface area (TPSA) is 86.5 Å². The van der Waals surface area contributed by atoms with E-state index in [2.05, 4.69) is 48.1 Å². The molecule has 0 spiro atoms. The van der Waals surface area contributed by atoms with Crippen molar-refractivity contribution in [1.82, 2.24) is 0 Å². The standard InChI is InChI=1S/C38H51NO5/c1-23(2)27-14-17-38(33(41)44-8)19-18-36(6)28(31(27)38)12-13-30-35(5)22-25(20-24-10-9-11-26(21-24)39(42)43)32(40)34(3,4)29(35)15-16-37(30,36)7/h9-11,20-21,27-31H,1,12-19,22H2,2-8H3/b25-20-/t27-,28+,29+,30+,31+,35-,36+,37+,38-/m0/s1. The van der Waals surface area contributed by atoms with Crippen LogP contribution in [0.1, 0.15) is 105 Å². The first kappa shape index (κ1) is 31.2. The maximum atomic E-state index is 14.1. The second-order valence-electron chi connectivity index (χ2n) is 16.6. The summed E-state index contributed by atoms with van der Waals surface area (Å²) in [5.41, 5.74) is 1.91. The summed E-state index contributed by atoms with van der Waals surface area (Å²) < 4.78 is 5.52. The van der Waals surface area contributed by atoms with E-state index in [4.69, 9.17) is 4.74 Å². The molecule has 44 heavy (non-hydrogen) atoms. The van der Waals surface area contributed by atoms with Gasteiger partial charge in [-0.15, -0.1) is 0 Å². The molecular weight excluding hydrogens is 550 g/mol. The van der Waals surface area contributed by atoms with Crippen molar-refractivity contribution >= 4 is 23.5 Å². The van der Waals surface area contributed by atoms with E-state index in [-0.39, 0.29) is 50.4 Å². The third-order valence-corrected chi connectivity index (χ3v) is 14.7. The molecule has 9 atom stereocenters. The molecule has 6 heteroatoms. The Morgan fingerprint density at radius 1 is 1.00 bits per heavy atom. The fourth-order valence-corrected chi connectivity index (χ4v) is 12.6. The van der Waals surface area contributed by atoms with Crippen molar-refractivity contribution < 1.29 is 19.2 Å². The van der Waals surface area contributed by atoms with E-state index < -0.39 is 10.8 Å². The SMILES string of the molecule is C=C(C)[C@@H]1CC[C@]2(C(=O)OC)CC[C@]3(C)[C@H](CC[C@@H]4[C@@]5(C)C/C(=C/c6cccc([N+](=O)[O-])c6)C(=O)C(C)(C)[C@H]5CC[C@]43C)[C@@H]12. The van der Waals surface area contributed by atoms with Crippen LogP contribution in [0.25, 0.3) is 6.08 Å². The van der Waals surface area contributed by atoms with Gasteiger partial charge in [-0.1, -0.05) is 58.9 Å². The molecular formula is C38H51NO5. The fourth-order valence-electron chi connectivity index (χ4n) is 12.6. The first-order valence-corrected chi connectivity index (χ1v) is 16.8. The third-order valence-electron chi connectivity index (χ3n) is 14.7. The monoisotopic (exact) mass is 601 g/mol. The highest BCUT2D eigenvalue weighted by atomic mass is 16.6. The Hall–Kier alpha value is -2.76. The van der Waals surface area contributed by atoms with Crippen molar-refractivity contribution in [2.75, 3.05) is 7.11 Å². The molecule has 0 amide bonds. The highest BCUT2D eigenvalue weighted by Gasteiger charge is 2.72. The number of Topliss-reactive ketones (excluding diaryl/α,β-unsaturated/α-hetero) is 1. The third kappa shape index (κ3) is 4.04. The molecule has 5 fully saturated rings. The number of ketones is 1. The number of esters is 1. The van der Waals surface area contributed by atoms with Gasteiger partial charge in [0.15, 0.2) is 5.78 Å². The number of carbonyl (C=O) groups excluding carboxylic acids is 2. The van der Waals surface area contributed by atoms with Crippen molar-refractivity contribution in [3.8, 4) is 0 Å². The van der Waals surface area contributed by atoms with Crippen LogP contribution < -0.4 is 0 Å². The molecule has 5 aliphatic carbocycles. The quantitative estimate of drug-likeness (QED) is 0.113. The summed E-state index contributed by atoms with van der Waals surface area (Å²) in [6.45, 7) is 18.4. The van der Waals surface area contributed by atoms with E-state index >= 15 is 0 Å². The summed E-state index contributed by atoms with van der Waals surface area (Å²) >= 11 is 0. The Balaban J connectivity index is 1.41. The lowest BCUT2D eigenvalue weighted by Gasteiger charge is -2.72. The number of nitro groups is 1. The van der Waals surface area contributed by atoms with Crippen LogP contribution in [0.3, 0.4) is 0 Å². The number of nitro benzene ring substituents is 1. The van der Waals surface area contributed by atoms with Crippen LogP contribution in [-0.4, -0.2) is 23.8 Å². The van der Waals surface area contributed by atoms with Crippen molar-refractivity contribution in [2.24, 2.45) is 56.7 Å². The van der Waals surface area contributed by atoms with Crippen LogP contribution in [0.15, 0.2) is 42.0 Å². The lowest BCUT2D eigenvalue weighted by Crippen LogP contribution is -2.67. The zero-order chi connectivity index (χ0) is 32.0. The van der Waals surface area contributed by atoms with Gasteiger partial charge in [0.05, 0.1) is 17.4 Å². The number of fused-ring (bicyclic) bond motifs is 7. The Bertz CT molecular complexity index is 1460. The predicted molar refractivity (Wildman–Crippen MR) is 172 cm³/mol. The van der Waals surface area contributed by atoms with Gasteiger partial charge in [-0.25, -0.2) is 0 Å². The molecule has 0 unspecified atom stereocenters. The number of benzene rings is 1. The van der Waals surface area contributed by atoms with Crippen LogP contribution >= 0.6 is 0 Å². The Kier molecular flexibility index (Phi) is 7.18. The molecule has 0 aliphatic heterocycles. The Morgan fingerprint density at radius 2 is 1.73 bits per heavy atom. The summed E-state index contributed by atoms with van der Waals surface area (Å²) in [5.74, 6) is 1.93. The Labute approximate surface area is 263 Å². The molecule has 6 nitrogen and oxygen atoms in total. The number of rotatable bonds is 4. The number of carbonyl (C=O) groups is 2. The van der Waals surface area contributed by atoms with Gasteiger partial charge >= 0.3 is 5.97 Å². The number of non-ortho nitro benzene ring substituents is 1. The second-order valence-corrected chi connectivity index (χ2v) is 16.6. The fraction of sp³-hybridized carbons (Fsp3) is 0.684. The maximum absolute atomic E-state index is 14.1. The molecule has 0 heterocycles. The molecule has 1 aromatic carbocycles. The molecule has 0 bridgehead atoms. The number of nitrogens with zero attached hydrogens (tertiary/aromatic N) is 1. The molecule has 5 aliphatic rings. The minimum absolute atomic E-state index is 0.0142. The van der Waals surface area contributed by atoms with E-state index in [1.54, 1.807) is 19.2 Å². The largest absolute Gasteiger partial charge is 0.469 e. The van der Waals surface area contributed by atoms with Crippen molar-refractivity contribution in [3.63, 3.8) is 0 Å². The zero-order valence-electron chi connectivity index (χ0n) is 27.8. The van der Waals surface area contributed by atoms with E-state index in [1.807, 2.05) is 12.1 Å². The molecule has 0 saturated heterocycles. The lowest BCUT2D eigenvalue weighted by atomic mass is 9.32. The van der Waals surface area contributed by atoms with Gasteiger partial charge in [0.1, 0.15) is 0 Å². The lowest BCUT2D eigenvalue weighted by molar-refractivity contribution is -0.384. The number of allylic oxidation sites excluding steroid dienone is 2. The van der Waals surface area contributed by atoms with Crippen molar-refractivity contribution in [3.05, 3.63) is 57.7 Å². The summed E-state index contributed by atoms with van der Waals surface area (Å²) in [5, 5.41) is 11.5. The minimum Gasteiger partial charge on any atom is -0.469 e. The van der Waals surface area contributed by atoms with Crippen LogP contribution in [0.5, 0.6) is 0 Å². The number of hydrogen-bond donors (Lipinski definition) is 0. The van der Waals surface area contributed by atoms with E-state index in [1.165, 1.54) is 11.6 Å². The number of methoxy groups -OCH3 is 1. The average molecular weight is 602 g/mol. The molecule has 0 radical (unpaired) electrons. The first-order chi connectivity index (χ1) is 20.6. The molecule has 0 N–H and O–H groups in total. The van der Waals surface area contributed by atoms with Gasteiger partial charge < -0.3 is 4.74 Å². The van der Waals surface area contributed by atoms with Gasteiger partial charge in [-0.05, 0) is 128 Å². The smallest absolute Gasteiger partial charge is 0.312 e. The van der Waals surface area contributed by atoms with Gasteiger partial charge in [0.2, 0.25) is 0 Å². The molecule has 0 aromatic heterocycles. The second kappa shape index (κ2) is 10.1. The predicted octanol–water partition coefficient (Wildman–Crippen LogP) is 8.99. The minimum atomic E-state index is -0.512. The zero-order valence-corrected chi connectivity index (χ0v) is 27.8. The summed E-state index contributed by atoms with van der Waals surface area (Å²) in [6.07, 6.45) is 10.8. The van der Waals surface area contributed by atoms with Gasteiger partial charge in [-0.2, -0.15) is 0 Å².